The van der Waals surface area contributed by atoms with E-state index in [4.69, 9.17) is 33.3 Å². The van der Waals surface area contributed by atoms with Gasteiger partial charge in [0.1, 0.15) is 5.75 Å². The van der Waals surface area contributed by atoms with Crippen LogP contribution in [0.2, 0.25) is 18.1 Å². The van der Waals surface area contributed by atoms with Crippen molar-refractivity contribution in [3.63, 3.8) is 0 Å². The fourth-order valence-corrected chi connectivity index (χ4v) is 5.12. The Morgan fingerprint density at radius 3 is 2.15 bits per heavy atom. The lowest BCUT2D eigenvalue weighted by Gasteiger charge is -2.37. The van der Waals surface area contributed by atoms with Gasteiger partial charge in [-0.3, -0.25) is 0 Å². The minimum absolute atomic E-state index is 0.0131. The fourth-order valence-electron chi connectivity index (χ4n) is 4.11. The SMILES string of the molecule is COc1ccc(C2=CC(=NOCC(=O)O)CCc3c2cc(OC)c(OC)c3OC)cc1O[Si](C)(C)C(C)(C)C. The van der Waals surface area contributed by atoms with E-state index in [-0.39, 0.29) is 5.04 Å². The lowest BCUT2D eigenvalue weighted by atomic mass is 9.92. The Bertz CT molecular complexity index is 1280. The monoisotopic (exact) mass is 557 g/mol. The normalized spacial score (nSPS) is 14.6. The van der Waals surface area contributed by atoms with Gasteiger partial charge >= 0.3 is 5.97 Å². The minimum atomic E-state index is -2.19. The van der Waals surface area contributed by atoms with Crippen molar-refractivity contribution in [1.29, 1.82) is 0 Å². The van der Waals surface area contributed by atoms with Gasteiger partial charge in [0.2, 0.25) is 12.4 Å². The van der Waals surface area contributed by atoms with Gasteiger partial charge in [-0.15, -0.1) is 0 Å². The van der Waals surface area contributed by atoms with Crippen LogP contribution in [0, 0.1) is 0 Å². The lowest BCUT2D eigenvalue weighted by molar-refractivity contribution is -0.142. The van der Waals surface area contributed by atoms with Crippen LogP contribution in [0.4, 0.5) is 0 Å². The lowest BCUT2D eigenvalue weighted by Crippen LogP contribution is -2.43. The van der Waals surface area contributed by atoms with Gasteiger partial charge in [0, 0.05) is 5.56 Å². The number of ether oxygens (including phenoxy) is 4. The van der Waals surface area contributed by atoms with Gasteiger partial charge in [0.25, 0.3) is 8.32 Å². The molecule has 0 atom stereocenters. The molecule has 0 unspecified atom stereocenters. The number of nitrogens with zero attached hydrogens (tertiary/aromatic N) is 1. The number of hydrogen-bond acceptors (Lipinski definition) is 8. The van der Waals surface area contributed by atoms with E-state index in [2.05, 4.69) is 39.0 Å². The number of benzene rings is 2. The Morgan fingerprint density at radius 2 is 1.59 bits per heavy atom. The predicted molar refractivity (Wildman–Crippen MR) is 153 cm³/mol. The van der Waals surface area contributed by atoms with Crippen LogP contribution >= 0.6 is 0 Å². The molecule has 39 heavy (non-hydrogen) atoms. The number of carboxylic acid groups (broad SMARTS) is 1. The van der Waals surface area contributed by atoms with Crippen molar-refractivity contribution in [2.24, 2.45) is 5.16 Å². The van der Waals surface area contributed by atoms with Crippen molar-refractivity contribution in [3.8, 4) is 28.7 Å². The van der Waals surface area contributed by atoms with Gasteiger partial charge in [0.05, 0.1) is 34.2 Å². The first kappa shape index (κ1) is 29.9. The van der Waals surface area contributed by atoms with Crippen LogP contribution < -0.4 is 23.4 Å². The number of rotatable bonds is 10. The summed E-state index contributed by atoms with van der Waals surface area (Å²) >= 11 is 0. The molecular weight excluding hydrogens is 518 g/mol. The third-order valence-electron chi connectivity index (χ3n) is 7.18. The van der Waals surface area contributed by atoms with E-state index in [0.29, 0.717) is 47.3 Å². The maximum absolute atomic E-state index is 11.0. The summed E-state index contributed by atoms with van der Waals surface area (Å²) in [6.07, 6.45) is 2.94. The molecule has 0 saturated carbocycles. The molecule has 1 aliphatic carbocycles. The molecule has 1 aliphatic rings. The van der Waals surface area contributed by atoms with Crippen LogP contribution in [-0.2, 0) is 16.1 Å². The first-order valence-electron chi connectivity index (χ1n) is 12.7. The molecule has 0 saturated heterocycles. The summed E-state index contributed by atoms with van der Waals surface area (Å²) in [4.78, 5) is 16.1. The molecule has 0 amide bonds. The van der Waals surface area contributed by atoms with Gasteiger partial charge in [-0.2, -0.15) is 0 Å². The van der Waals surface area contributed by atoms with Crippen LogP contribution in [0.25, 0.3) is 5.57 Å². The van der Waals surface area contributed by atoms with E-state index in [9.17, 15) is 4.79 Å². The van der Waals surface area contributed by atoms with Crippen LogP contribution in [-0.4, -0.2) is 60.2 Å². The van der Waals surface area contributed by atoms with Crippen LogP contribution in [0.5, 0.6) is 28.7 Å². The van der Waals surface area contributed by atoms with Crippen molar-refractivity contribution < 1.29 is 38.1 Å². The Morgan fingerprint density at radius 1 is 0.923 bits per heavy atom. The highest BCUT2D eigenvalue weighted by molar-refractivity contribution is 6.74. The smallest absolute Gasteiger partial charge is 0.344 e. The molecule has 2 aromatic rings. The highest BCUT2D eigenvalue weighted by Gasteiger charge is 2.39. The van der Waals surface area contributed by atoms with Crippen molar-refractivity contribution in [2.45, 2.75) is 51.7 Å². The molecule has 1 N–H and O–H groups in total. The van der Waals surface area contributed by atoms with Gasteiger partial charge in [-0.1, -0.05) is 32.0 Å². The van der Waals surface area contributed by atoms with E-state index in [1.54, 1.807) is 28.4 Å². The first-order valence-corrected chi connectivity index (χ1v) is 15.6. The second kappa shape index (κ2) is 12.0. The second-order valence-corrected chi connectivity index (χ2v) is 15.4. The molecular formula is C29H39NO8Si. The molecule has 2 aromatic carbocycles. The van der Waals surface area contributed by atoms with Crippen LogP contribution in [0.3, 0.4) is 0 Å². The Hall–Kier alpha value is -3.66. The standard InChI is InChI=1S/C29H39NO8Si/c1-29(2,3)39(8,9)38-24-14-18(10-13-23(24)33-4)21-15-19(30-37-17-26(31)32)11-12-20-22(21)16-25(34-5)28(36-7)27(20)35-6/h10,13-16H,11-12,17H2,1-9H3,(H,31,32). The summed E-state index contributed by atoms with van der Waals surface area (Å²) in [7, 11) is 4.18. The number of allylic oxidation sites excluding steroid dienone is 1. The number of methoxy groups -OCH3 is 4. The average molecular weight is 558 g/mol. The average Bonchev–Trinajstić information content (AvgIpc) is 3.05. The largest absolute Gasteiger partial charge is 0.541 e. The van der Waals surface area contributed by atoms with Gasteiger partial charge < -0.3 is 33.3 Å². The van der Waals surface area contributed by atoms with Crippen molar-refractivity contribution in [1.82, 2.24) is 0 Å². The van der Waals surface area contributed by atoms with E-state index < -0.39 is 20.9 Å². The number of carbonyl (C=O) groups is 1. The summed E-state index contributed by atoms with van der Waals surface area (Å²) < 4.78 is 29.4. The number of hydrogen-bond donors (Lipinski definition) is 1. The molecule has 3 rings (SSSR count). The summed E-state index contributed by atoms with van der Waals surface area (Å²) in [5.41, 5.74) is 4.05. The molecule has 9 nitrogen and oxygen atoms in total. The number of fused-ring (bicyclic) bond motifs is 1. The molecule has 0 aliphatic heterocycles. The highest BCUT2D eigenvalue weighted by Crippen LogP contribution is 2.47. The minimum Gasteiger partial charge on any atom is -0.541 e. The van der Waals surface area contributed by atoms with Crippen molar-refractivity contribution in [3.05, 3.63) is 47.0 Å². The van der Waals surface area contributed by atoms with E-state index in [0.717, 1.165) is 22.3 Å². The van der Waals surface area contributed by atoms with Crippen LogP contribution in [0.15, 0.2) is 35.5 Å². The number of oxime groups is 1. The first-order chi connectivity index (χ1) is 18.4. The third-order valence-corrected chi connectivity index (χ3v) is 11.5. The van der Waals surface area contributed by atoms with E-state index in [1.807, 2.05) is 30.3 Å². The zero-order valence-electron chi connectivity index (χ0n) is 24.3. The van der Waals surface area contributed by atoms with E-state index >= 15 is 0 Å². The third kappa shape index (κ3) is 6.50. The summed E-state index contributed by atoms with van der Waals surface area (Å²) in [5, 5.41) is 13.1. The summed E-state index contributed by atoms with van der Waals surface area (Å²) in [6, 6.07) is 7.73. The molecule has 0 heterocycles. The number of aliphatic carboxylic acids is 1. The molecule has 0 aromatic heterocycles. The Balaban J connectivity index is 2.27. The summed E-state index contributed by atoms with van der Waals surface area (Å²) in [5.74, 6) is 1.78. The van der Waals surface area contributed by atoms with Gasteiger partial charge in [-0.25, -0.2) is 4.79 Å². The zero-order chi connectivity index (χ0) is 29.0. The molecule has 0 fully saturated rings. The maximum atomic E-state index is 11.0. The zero-order valence-corrected chi connectivity index (χ0v) is 25.3. The maximum Gasteiger partial charge on any atom is 0.344 e. The molecule has 0 spiro atoms. The quantitative estimate of drug-likeness (QED) is 0.283. The topological polar surface area (TPSA) is 105 Å². The molecule has 0 bridgehead atoms. The van der Waals surface area contributed by atoms with Crippen molar-refractivity contribution in [2.75, 3.05) is 35.0 Å². The summed E-state index contributed by atoms with van der Waals surface area (Å²) in [6.45, 7) is 10.4. The molecule has 212 valence electrons. The fraction of sp³-hybridized carbons (Fsp3) is 0.448. The van der Waals surface area contributed by atoms with Crippen molar-refractivity contribution >= 4 is 25.6 Å². The molecule has 10 heteroatoms. The molecule has 0 radical (unpaired) electrons. The second-order valence-electron chi connectivity index (χ2n) is 10.7. The number of carboxylic acids is 1. The highest BCUT2D eigenvalue weighted by atomic mass is 28.4. The Kier molecular flexibility index (Phi) is 9.21. The van der Waals surface area contributed by atoms with Gasteiger partial charge in [0.15, 0.2) is 17.2 Å². The van der Waals surface area contributed by atoms with Gasteiger partial charge in [-0.05, 0) is 71.9 Å². The van der Waals surface area contributed by atoms with Crippen LogP contribution in [0.1, 0.15) is 43.9 Å². The predicted octanol–water partition coefficient (Wildman–Crippen LogP) is 5.94. The Labute approximate surface area is 231 Å². The van der Waals surface area contributed by atoms with E-state index in [1.165, 1.54) is 0 Å².